The number of nitrogens with one attached hydrogen (secondary N) is 1. The van der Waals surface area contributed by atoms with Crippen LogP contribution in [0.15, 0.2) is 60.8 Å². The van der Waals surface area contributed by atoms with Crippen molar-refractivity contribution in [2.75, 3.05) is 5.32 Å². The van der Waals surface area contributed by atoms with E-state index >= 15 is 0 Å². The zero-order valence-corrected chi connectivity index (χ0v) is 17.5. The summed E-state index contributed by atoms with van der Waals surface area (Å²) in [6, 6.07) is 17.9. The Kier molecular flexibility index (Phi) is 6.15. The number of aromatic nitrogens is 1. The van der Waals surface area contributed by atoms with Crippen LogP contribution in [-0.2, 0) is 4.79 Å². The van der Waals surface area contributed by atoms with Crippen molar-refractivity contribution in [3.8, 4) is 0 Å². The molecule has 4 heteroatoms. The Hall–Kier alpha value is -2.39. The average Bonchev–Trinajstić information content (AvgIpc) is 2.76. The first kappa shape index (κ1) is 19.9. The molecule has 3 nitrogen and oxygen atoms in total. The Morgan fingerprint density at radius 3 is 2.52 bits per heavy atom. The van der Waals surface area contributed by atoms with Gasteiger partial charge in [-0.05, 0) is 85.9 Å². The summed E-state index contributed by atoms with van der Waals surface area (Å²) in [5, 5.41) is 5.03. The van der Waals surface area contributed by atoms with Crippen LogP contribution >= 0.6 is 11.6 Å². The predicted octanol–water partition coefficient (Wildman–Crippen LogP) is 6.83. The third-order valence-electron chi connectivity index (χ3n) is 6.35. The van der Waals surface area contributed by atoms with Gasteiger partial charge >= 0.3 is 0 Å². The maximum Gasteiger partial charge on any atom is 0.227 e. The van der Waals surface area contributed by atoms with Crippen molar-refractivity contribution in [3.05, 3.63) is 71.4 Å². The lowest BCUT2D eigenvalue weighted by Gasteiger charge is -2.33. The quantitative estimate of drug-likeness (QED) is 0.504. The first-order chi connectivity index (χ1) is 14.2. The summed E-state index contributed by atoms with van der Waals surface area (Å²) >= 11 is 5.94. The van der Waals surface area contributed by atoms with Gasteiger partial charge in [0.1, 0.15) is 0 Å². The Bertz CT molecular complexity index is 972. The fraction of sp³-hybridized carbons (Fsp3) is 0.360. The molecule has 1 heterocycles. The molecule has 1 aliphatic carbocycles. The number of nitrogens with zero attached hydrogens (tertiary/aromatic N) is 1. The van der Waals surface area contributed by atoms with E-state index < -0.39 is 0 Å². The molecular formula is C25H27ClN2O. The fourth-order valence-electron chi connectivity index (χ4n) is 4.81. The average molecular weight is 407 g/mol. The number of amides is 1. The molecular weight excluding hydrogens is 380 g/mol. The maximum absolute atomic E-state index is 12.9. The minimum atomic E-state index is 0.0563. The summed E-state index contributed by atoms with van der Waals surface area (Å²) in [6.45, 7) is 2.12. The number of anilines is 1. The summed E-state index contributed by atoms with van der Waals surface area (Å²) < 4.78 is 0. The van der Waals surface area contributed by atoms with Crippen LogP contribution in [0.5, 0.6) is 0 Å². The molecule has 3 aromatic rings. The second kappa shape index (κ2) is 8.96. The number of halogens is 1. The van der Waals surface area contributed by atoms with Gasteiger partial charge in [-0.3, -0.25) is 9.78 Å². The number of carbonyl (C=O) groups is 1. The standard InChI is InChI=1S/C25H27ClN2O/c1-2-21(25(29)28-20-13-11-19(26)12-14-20)17-7-9-18(10-8-17)22-15-16-27-24-6-4-3-5-23(22)24/h3-6,11-18,21H,2,7-10H2,1H3,(H,28,29)/t17-,18-,21?. The first-order valence-electron chi connectivity index (χ1n) is 10.6. The van der Waals surface area contributed by atoms with Gasteiger partial charge in [-0.1, -0.05) is 36.7 Å². The maximum atomic E-state index is 12.9. The topological polar surface area (TPSA) is 42.0 Å². The van der Waals surface area contributed by atoms with Crippen molar-refractivity contribution in [2.24, 2.45) is 11.8 Å². The van der Waals surface area contributed by atoms with Crippen LogP contribution in [0.4, 0.5) is 5.69 Å². The summed E-state index contributed by atoms with van der Waals surface area (Å²) in [4.78, 5) is 17.4. The van der Waals surface area contributed by atoms with Crippen molar-refractivity contribution in [1.82, 2.24) is 4.98 Å². The zero-order valence-electron chi connectivity index (χ0n) is 16.8. The SMILES string of the molecule is CCC(C(=O)Nc1ccc(Cl)cc1)[C@H]1CC[C@H](c2ccnc3ccccc32)CC1. The molecule has 1 amide bonds. The second-order valence-electron chi connectivity index (χ2n) is 8.04. The van der Waals surface area contributed by atoms with Crippen LogP contribution in [0.1, 0.15) is 50.5 Å². The highest BCUT2D eigenvalue weighted by Gasteiger charge is 2.32. The molecule has 4 rings (SSSR count). The minimum absolute atomic E-state index is 0.0563. The van der Waals surface area contributed by atoms with Crippen LogP contribution in [0, 0.1) is 11.8 Å². The van der Waals surface area contributed by atoms with Crippen molar-refractivity contribution in [1.29, 1.82) is 0 Å². The molecule has 1 aliphatic rings. The fourth-order valence-corrected chi connectivity index (χ4v) is 4.93. The van der Waals surface area contributed by atoms with Crippen molar-refractivity contribution in [2.45, 2.75) is 44.9 Å². The van der Waals surface area contributed by atoms with Gasteiger partial charge in [-0.15, -0.1) is 0 Å². The number of fused-ring (bicyclic) bond motifs is 1. The Morgan fingerprint density at radius 2 is 1.79 bits per heavy atom. The van der Waals surface area contributed by atoms with Gasteiger partial charge in [0.05, 0.1) is 5.52 Å². The molecule has 2 aromatic carbocycles. The monoisotopic (exact) mass is 406 g/mol. The van der Waals surface area contributed by atoms with Crippen LogP contribution < -0.4 is 5.32 Å². The van der Waals surface area contributed by atoms with Gasteiger partial charge in [0.25, 0.3) is 0 Å². The lowest BCUT2D eigenvalue weighted by atomic mass is 9.72. The van der Waals surface area contributed by atoms with E-state index in [1.54, 1.807) is 0 Å². The highest BCUT2D eigenvalue weighted by atomic mass is 35.5. The lowest BCUT2D eigenvalue weighted by molar-refractivity contribution is -0.122. The van der Waals surface area contributed by atoms with Gasteiger partial charge in [0.15, 0.2) is 0 Å². The molecule has 150 valence electrons. The molecule has 1 unspecified atom stereocenters. The highest BCUT2D eigenvalue weighted by molar-refractivity contribution is 6.30. The third-order valence-corrected chi connectivity index (χ3v) is 6.60. The summed E-state index contributed by atoms with van der Waals surface area (Å²) in [5.74, 6) is 1.18. The number of hydrogen-bond donors (Lipinski definition) is 1. The molecule has 0 radical (unpaired) electrons. The molecule has 1 atom stereocenters. The molecule has 0 spiro atoms. The number of pyridine rings is 1. The predicted molar refractivity (Wildman–Crippen MR) is 120 cm³/mol. The largest absolute Gasteiger partial charge is 0.326 e. The van der Waals surface area contributed by atoms with E-state index in [4.69, 9.17) is 11.6 Å². The van der Waals surface area contributed by atoms with Crippen molar-refractivity contribution in [3.63, 3.8) is 0 Å². The molecule has 0 aliphatic heterocycles. The summed E-state index contributed by atoms with van der Waals surface area (Å²) in [7, 11) is 0. The van der Waals surface area contributed by atoms with E-state index in [9.17, 15) is 4.79 Å². The molecule has 1 fully saturated rings. The normalized spacial score (nSPS) is 20.3. The van der Waals surface area contributed by atoms with E-state index in [0.717, 1.165) is 43.3 Å². The first-order valence-corrected chi connectivity index (χ1v) is 10.9. The van der Waals surface area contributed by atoms with Crippen LogP contribution in [0.25, 0.3) is 10.9 Å². The van der Waals surface area contributed by atoms with E-state index in [1.807, 2.05) is 36.5 Å². The number of benzene rings is 2. The van der Waals surface area contributed by atoms with Crippen LogP contribution in [0.3, 0.4) is 0 Å². The second-order valence-corrected chi connectivity index (χ2v) is 8.48. The molecule has 1 aromatic heterocycles. The number of carbonyl (C=O) groups excluding carboxylic acids is 1. The zero-order chi connectivity index (χ0) is 20.2. The van der Waals surface area contributed by atoms with Gasteiger partial charge < -0.3 is 5.32 Å². The van der Waals surface area contributed by atoms with E-state index in [-0.39, 0.29) is 11.8 Å². The van der Waals surface area contributed by atoms with Crippen LogP contribution in [0.2, 0.25) is 5.02 Å². The van der Waals surface area contributed by atoms with E-state index in [0.29, 0.717) is 16.9 Å². The Labute approximate surface area is 177 Å². The smallest absolute Gasteiger partial charge is 0.227 e. The van der Waals surface area contributed by atoms with Gasteiger partial charge in [0.2, 0.25) is 5.91 Å². The molecule has 0 bridgehead atoms. The Morgan fingerprint density at radius 1 is 1.07 bits per heavy atom. The molecule has 1 N–H and O–H groups in total. The lowest BCUT2D eigenvalue weighted by Crippen LogP contribution is -2.31. The van der Waals surface area contributed by atoms with Gasteiger partial charge in [0, 0.05) is 28.2 Å². The van der Waals surface area contributed by atoms with E-state index in [2.05, 4.69) is 41.5 Å². The van der Waals surface area contributed by atoms with Crippen molar-refractivity contribution >= 4 is 34.1 Å². The molecule has 1 saturated carbocycles. The van der Waals surface area contributed by atoms with Crippen LogP contribution in [-0.4, -0.2) is 10.9 Å². The third kappa shape index (κ3) is 4.45. The summed E-state index contributed by atoms with van der Waals surface area (Å²) in [6.07, 6.45) is 7.24. The van der Waals surface area contributed by atoms with E-state index in [1.165, 1.54) is 10.9 Å². The number of hydrogen-bond acceptors (Lipinski definition) is 2. The summed E-state index contributed by atoms with van der Waals surface area (Å²) in [5.41, 5.74) is 3.29. The highest BCUT2D eigenvalue weighted by Crippen LogP contribution is 2.41. The number of para-hydroxylation sites is 1. The Balaban J connectivity index is 1.42. The minimum Gasteiger partial charge on any atom is -0.326 e. The van der Waals surface area contributed by atoms with Crippen molar-refractivity contribution < 1.29 is 4.79 Å². The number of rotatable bonds is 5. The van der Waals surface area contributed by atoms with Gasteiger partial charge in [-0.25, -0.2) is 0 Å². The van der Waals surface area contributed by atoms with Gasteiger partial charge in [-0.2, -0.15) is 0 Å². The molecule has 0 saturated heterocycles. The molecule has 29 heavy (non-hydrogen) atoms.